The summed E-state index contributed by atoms with van der Waals surface area (Å²) in [5.74, 6) is 0.141. The molecule has 32 heavy (non-hydrogen) atoms. The maximum absolute atomic E-state index is 14.1. The molecule has 1 saturated heterocycles. The highest BCUT2D eigenvalue weighted by Gasteiger charge is 2.37. The quantitative estimate of drug-likeness (QED) is 0.578. The molecule has 1 unspecified atom stereocenters. The van der Waals surface area contributed by atoms with Crippen LogP contribution in [-0.2, 0) is 4.79 Å². The van der Waals surface area contributed by atoms with Crippen LogP contribution in [0.25, 0.3) is 0 Å². The monoisotopic (exact) mass is 452 g/mol. The largest absolute Gasteiger partial charge is 0.497 e. The number of anilines is 2. The summed E-state index contributed by atoms with van der Waals surface area (Å²) in [6.07, 6.45) is 0. The Morgan fingerprint density at radius 3 is 2.56 bits per heavy atom. The molecule has 2 amide bonds. The van der Waals surface area contributed by atoms with E-state index in [9.17, 15) is 14.0 Å². The molecule has 6 nitrogen and oxygen atoms in total. The van der Waals surface area contributed by atoms with Gasteiger partial charge >= 0.3 is 0 Å². The number of methoxy groups -OCH3 is 2. The van der Waals surface area contributed by atoms with E-state index in [0.29, 0.717) is 22.9 Å². The molecule has 1 aliphatic rings. The molecule has 1 fully saturated rings. The van der Waals surface area contributed by atoms with Crippen LogP contribution in [0.5, 0.6) is 11.5 Å². The molecule has 0 saturated carbocycles. The summed E-state index contributed by atoms with van der Waals surface area (Å²) < 4.78 is 24.8. The lowest BCUT2D eigenvalue weighted by Gasteiger charge is -2.27. The molecule has 1 atom stereocenters. The lowest BCUT2D eigenvalue weighted by molar-refractivity contribution is -0.115. The molecule has 0 spiro atoms. The first kappa shape index (κ1) is 21.7. The molecular formula is C24H21FN2O4S. The third-order valence-corrected chi connectivity index (χ3v) is 6.30. The minimum absolute atomic E-state index is 0.0499. The molecule has 1 heterocycles. The number of hydrogen-bond acceptors (Lipinski definition) is 5. The molecular weight excluding hydrogens is 431 g/mol. The molecule has 3 aromatic rings. The van der Waals surface area contributed by atoms with Crippen molar-refractivity contribution in [2.24, 2.45) is 0 Å². The van der Waals surface area contributed by atoms with E-state index in [2.05, 4.69) is 5.32 Å². The zero-order valence-electron chi connectivity index (χ0n) is 17.5. The molecule has 3 aromatic carbocycles. The van der Waals surface area contributed by atoms with Gasteiger partial charge in [-0.3, -0.25) is 14.5 Å². The number of nitrogens with zero attached hydrogens (tertiary/aromatic N) is 1. The summed E-state index contributed by atoms with van der Waals surface area (Å²) >= 11 is 1.44. The summed E-state index contributed by atoms with van der Waals surface area (Å²) in [5, 5.41) is 2.40. The van der Waals surface area contributed by atoms with Gasteiger partial charge < -0.3 is 14.8 Å². The van der Waals surface area contributed by atoms with Gasteiger partial charge in [-0.25, -0.2) is 4.39 Å². The van der Waals surface area contributed by atoms with E-state index in [0.717, 1.165) is 5.56 Å². The second-order valence-corrected chi connectivity index (χ2v) is 8.05. The number of hydrogen-bond donors (Lipinski definition) is 1. The second kappa shape index (κ2) is 9.32. The van der Waals surface area contributed by atoms with Crippen LogP contribution in [0.15, 0.2) is 66.7 Å². The van der Waals surface area contributed by atoms with Crippen molar-refractivity contribution in [1.82, 2.24) is 0 Å². The normalized spacial score (nSPS) is 15.5. The van der Waals surface area contributed by atoms with E-state index < -0.39 is 17.1 Å². The number of amides is 2. The van der Waals surface area contributed by atoms with Crippen molar-refractivity contribution >= 4 is 35.0 Å². The highest BCUT2D eigenvalue weighted by molar-refractivity contribution is 8.00. The minimum Gasteiger partial charge on any atom is -0.497 e. The SMILES string of the molecule is COc1ccc(N2C(=O)CSC2c2ccccc2NC(=O)c2ccccc2F)c(OC)c1. The summed E-state index contributed by atoms with van der Waals surface area (Å²) in [7, 11) is 3.09. The zero-order chi connectivity index (χ0) is 22.7. The van der Waals surface area contributed by atoms with Crippen LogP contribution >= 0.6 is 11.8 Å². The number of benzene rings is 3. The van der Waals surface area contributed by atoms with Crippen LogP contribution in [0.2, 0.25) is 0 Å². The van der Waals surface area contributed by atoms with Crippen molar-refractivity contribution in [3.05, 3.63) is 83.7 Å². The first-order valence-electron chi connectivity index (χ1n) is 9.84. The van der Waals surface area contributed by atoms with Gasteiger partial charge in [0.25, 0.3) is 5.91 Å². The number of halogens is 1. The second-order valence-electron chi connectivity index (χ2n) is 6.99. The third kappa shape index (κ3) is 4.13. The van der Waals surface area contributed by atoms with E-state index in [4.69, 9.17) is 9.47 Å². The van der Waals surface area contributed by atoms with Crippen molar-refractivity contribution in [2.75, 3.05) is 30.2 Å². The number of ether oxygens (including phenoxy) is 2. The van der Waals surface area contributed by atoms with Gasteiger partial charge in [0.15, 0.2) is 0 Å². The fourth-order valence-electron chi connectivity index (χ4n) is 3.56. The number of thioether (sulfide) groups is 1. The van der Waals surface area contributed by atoms with Gasteiger partial charge in [0.1, 0.15) is 22.7 Å². The first-order valence-corrected chi connectivity index (χ1v) is 10.9. The summed E-state index contributed by atoms with van der Waals surface area (Å²) in [4.78, 5) is 27.2. The molecule has 0 aliphatic carbocycles. The van der Waals surface area contributed by atoms with Gasteiger partial charge in [-0.1, -0.05) is 30.3 Å². The number of rotatable bonds is 6. The summed E-state index contributed by atoms with van der Waals surface area (Å²) in [5.41, 5.74) is 1.78. The number of carbonyl (C=O) groups is 2. The Bertz CT molecular complexity index is 1170. The van der Waals surface area contributed by atoms with Crippen molar-refractivity contribution in [1.29, 1.82) is 0 Å². The van der Waals surface area contributed by atoms with E-state index in [1.165, 1.54) is 37.1 Å². The fraction of sp³-hybridized carbons (Fsp3) is 0.167. The molecule has 1 N–H and O–H groups in total. The Labute approximate surface area is 189 Å². The van der Waals surface area contributed by atoms with Crippen molar-refractivity contribution < 1.29 is 23.5 Å². The van der Waals surface area contributed by atoms with Gasteiger partial charge in [0, 0.05) is 17.3 Å². The standard InChI is InChI=1S/C24H21FN2O4S/c1-30-15-11-12-20(21(13-15)31-2)27-22(28)14-32-24(27)17-8-4-6-10-19(17)26-23(29)16-7-3-5-9-18(16)25/h3-13,24H,14H2,1-2H3,(H,26,29). The Balaban J connectivity index is 1.70. The molecule has 0 radical (unpaired) electrons. The van der Waals surface area contributed by atoms with E-state index >= 15 is 0 Å². The van der Waals surface area contributed by atoms with Crippen LogP contribution in [0, 0.1) is 5.82 Å². The highest BCUT2D eigenvalue weighted by Crippen LogP contribution is 2.47. The van der Waals surface area contributed by atoms with Crippen LogP contribution in [0.1, 0.15) is 21.3 Å². The predicted molar refractivity (Wildman–Crippen MR) is 123 cm³/mol. The van der Waals surface area contributed by atoms with Gasteiger partial charge in [-0.05, 0) is 30.3 Å². The van der Waals surface area contributed by atoms with Gasteiger partial charge in [0.05, 0.1) is 31.2 Å². The lowest BCUT2D eigenvalue weighted by atomic mass is 10.1. The van der Waals surface area contributed by atoms with Gasteiger partial charge in [-0.15, -0.1) is 11.8 Å². The topological polar surface area (TPSA) is 67.9 Å². The third-order valence-electron chi connectivity index (χ3n) is 5.11. The van der Waals surface area contributed by atoms with Crippen LogP contribution < -0.4 is 19.7 Å². The van der Waals surface area contributed by atoms with Gasteiger partial charge in [-0.2, -0.15) is 0 Å². The molecule has 0 bridgehead atoms. The molecule has 0 aromatic heterocycles. The summed E-state index contributed by atoms with van der Waals surface area (Å²) in [6.45, 7) is 0. The van der Waals surface area contributed by atoms with E-state index in [1.807, 2.05) is 12.1 Å². The number of carbonyl (C=O) groups excluding carboxylic acids is 2. The average molecular weight is 453 g/mol. The number of para-hydroxylation sites is 1. The minimum atomic E-state index is -0.600. The number of nitrogens with one attached hydrogen (secondary N) is 1. The molecule has 4 rings (SSSR count). The Hall–Kier alpha value is -3.52. The van der Waals surface area contributed by atoms with E-state index in [1.54, 1.807) is 48.4 Å². The Kier molecular flexibility index (Phi) is 6.32. The van der Waals surface area contributed by atoms with Crippen LogP contribution in [0.4, 0.5) is 15.8 Å². The lowest BCUT2D eigenvalue weighted by Crippen LogP contribution is -2.29. The van der Waals surface area contributed by atoms with E-state index in [-0.39, 0.29) is 17.2 Å². The molecule has 164 valence electrons. The Morgan fingerprint density at radius 2 is 1.81 bits per heavy atom. The predicted octanol–water partition coefficient (Wildman–Crippen LogP) is 4.87. The van der Waals surface area contributed by atoms with Crippen LogP contribution in [-0.4, -0.2) is 31.8 Å². The van der Waals surface area contributed by atoms with Crippen molar-refractivity contribution in [3.63, 3.8) is 0 Å². The average Bonchev–Trinajstić information content (AvgIpc) is 3.20. The summed E-state index contributed by atoms with van der Waals surface area (Å²) in [6, 6.07) is 18.2. The highest BCUT2D eigenvalue weighted by atomic mass is 32.2. The zero-order valence-corrected chi connectivity index (χ0v) is 18.3. The van der Waals surface area contributed by atoms with Crippen LogP contribution in [0.3, 0.4) is 0 Å². The van der Waals surface area contributed by atoms with Crippen molar-refractivity contribution in [2.45, 2.75) is 5.37 Å². The van der Waals surface area contributed by atoms with Gasteiger partial charge in [0.2, 0.25) is 5.91 Å². The Morgan fingerprint density at radius 1 is 1.06 bits per heavy atom. The molecule has 1 aliphatic heterocycles. The first-order chi connectivity index (χ1) is 15.5. The maximum Gasteiger partial charge on any atom is 0.258 e. The molecule has 8 heteroatoms. The van der Waals surface area contributed by atoms with Crippen molar-refractivity contribution in [3.8, 4) is 11.5 Å². The maximum atomic E-state index is 14.1. The smallest absolute Gasteiger partial charge is 0.258 e. The fourth-order valence-corrected chi connectivity index (χ4v) is 4.76.